The monoisotopic (exact) mass is 362 g/mol. The molecule has 0 aliphatic carbocycles. The lowest BCUT2D eigenvalue weighted by molar-refractivity contribution is 0.100. The predicted octanol–water partition coefficient (Wildman–Crippen LogP) is 3.22. The van der Waals surface area contributed by atoms with Crippen LogP contribution >= 0.6 is 22.9 Å². The number of primary amides is 1. The van der Waals surface area contributed by atoms with Crippen LogP contribution in [-0.4, -0.2) is 15.9 Å². The largest absolute Gasteiger partial charge is 0.365 e. The number of carbonyl (C=O) groups is 1. The first-order chi connectivity index (χ1) is 11.3. The third-order valence-electron chi connectivity index (χ3n) is 3.66. The Labute approximate surface area is 146 Å². The van der Waals surface area contributed by atoms with Gasteiger partial charge in [0.25, 0.3) is 11.5 Å². The Morgan fingerprint density at radius 3 is 2.83 bits per heavy atom. The number of aryl methyl sites for hydroxylation is 1. The van der Waals surface area contributed by atoms with Gasteiger partial charge in [-0.25, -0.2) is 4.98 Å². The van der Waals surface area contributed by atoms with Gasteiger partial charge >= 0.3 is 0 Å². The second-order valence-electron chi connectivity index (χ2n) is 5.45. The molecule has 0 unspecified atom stereocenters. The van der Waals surface area contributed by atoms with Crippen molar-refractivity contribution in [1.82, 2.24) is 9.97 Å². The van der Waals surface area contributed by atoms with Gasteiger partial charge < -0.3 is 16.0 Å². The van der Waals surface area contributed by atoms with Crippen molar-refractivity contribution in [1.29, 1.82) is 0 Å². The summed E-state index contributed by atoms with van der Waals surface area (Å²) in [6.07, 6.45) is 0. The highest BCUT2D eigenvalue weighted by atomic mass is 35.5. The molecule has 3 aromatic rings. The number of hydrogen-bond donors (Lipinski definition) is 3. The van der Waals surface area contributed by atoms with E-state index in [1.807, 2.05) is 6.92 Å². The fourth-order valence-corrected chi connectivity index (χ4v) is 3.55. The summed E-state index contributed by atoms with van der Waals surface area (Å²) in [4.78, 5) is 31.2. The number of nitrogens with zero attached hydrogens (tertiary/aromatic N) is 1. The normalized spacial score (nSPS) is 12.3. The molecule has 0 saturated carbocycles. The molecule has 2 heterocycles. The molecule has 0 fully saturated rings. The van der Waals surface area contributed by atoms with Gasteiger partial charge in [0.05, 0.1) is 11.7 Å². The minimum absolute atomic E-state index is 0.187. The molecule has 4 N–H and O–H groups in total. The zero-order valence-corrected chi connectivity index (χ0v) is 14.6. The fraction of sp³-hybridized carbons (Fsp3) is 0.188. The Kier molecular flexibility index (Phi) is 4.29. The molecule has 6 nitrogen and oxygen atoms in total. The molecule has 1 atom stereocenters. The Hall–Kier alpha value is -2.38. The minimum Gasteiger partial charge on any atom is -0.365 e. The second kappa shape index (κ2) is 6.26. The Morgan fingerprint density at radius 2 is 2.17 bits per heavy atom. The van der Waals surface area contributed by atoms with E-state index >= 15 is 0 Å². The summed E-state index contributed by atoms with van der Waals surface area (Å²) in [5.74, 6) is -0.510. The van der Waals surface area contributed by atoms with Crippen LogP contribution in [0, 0.1) is 6.92 Å². The van der Waals surface area contributed by atoms with E-state index in [4.69, 9.17) is 17.3 Å². The number of rotatable bonds is 4. The first kappa shape index (κ1) is 16.5. The molecule has 0 radical (unpaired) electrons. The molecule has 2 aromatic heterocycles. The third kappa shape index (κ3) is 3.13. The number of carbonyl (C=O) groups excluding carboxylic acids is 1. The van der Waals surface area contributed by atoms with Gasteiger partial charge in [-0.05, 0) is 38.1 Å². The van der Waals surface area contributed by atoms with E-state index in [-0.39, 0.29) is 11.6 Å². The average Bonchev–Trinajstić information content (AvgIpc) is 2.87. The number of nitrogens with two attached hydrogens (primary N) is 1. The Bertz CT molecular complexity index is 995. The molecule has 0 saturated heterocycles. The molecule has 0 bridgehead atoms. The van der Waals surface area contributed by atoms with Gasteiger partial charge in [0.1, 0.15) is 4.88 Å². The number of pyridine rings is 1. The Morgan fingerprint density at radius 1 is 1.42 bits per heavy atom. The first-order valence-corrected chi connectivity index (χ1v) is 8.41. The molecule has 24 heavy (non-hydrogen) atoms. The number of nitrogens with one attached hydrogen (secondary N) is 2. The van der Waals surface area contributed by atoms with E-state index in [2.05, 4.69) is 15.3 Å². The van der Waals surface area contributed by atoms with Gasteiger partial charge in [-0.15, -0.1) is 0 Å². The van der Waals surface area contributed by atoms with Crippen molar-refractivity contribution >= 4 is 44.9 Å². The lowest BCUT2D eigenvalue weighted by Crippen LogP contribution is -2.19. The number of thiazole rings is 1. The van der Waals surface area contributed by atoms with Crippen LogP contribution in [0.2, 0.25) is 5.02 Å². The minimum atomic E-state index is -0.510. The van der Waals surface area contributed by atoms with Gasteiger partial charge in [0.2, 0.25) is 0 Å². The average molecular weight is 363 g/mol. The zero-order chi connectivity index (χ0) is 17.4. The summed E-state index contributed by atoms with van der Waals surface area (Å²) in [6, 6.07) is 6.79. The maximum Gasteiger partial charge on any atom is 0.260 e. The van der Waals surface area contributed by atoms with Crippen molar-refractivity contribution in [2.24, 2.45) is 5.73 Å². The highest BCUT2D eigenvalue weighted by molar-refractivity contribution is 7.17. The summed E-state index contributed by atoms with van der Waals surface area (Å²) in [7, 11) is 0. The van der Waals surface area contributed by atoms with Crippen molar-refractivity contribution in [3.05, 3.63) is 55.8 Å². The van der Waals surface area contributed by atoms with E-state index in [1.165, 1.54) is 11.3 Å². The van der Waals surface area contributed by atoms with Crippen LogP contribution in [0.4, 0.5) is 5.13 Å². The summed E-state index contributed by atoms with van der Waals surface area (Å²) >= 11 is 7.18. The predicted molar refractivity (Wildman–Crippen MR) is 97.0 cm³/mol. The summed E-state index contributed by atoms with van der Waals surface area (Å²) < 4.78 is 0. The van der Waals surface area contributed by atoms with Crippen LogP contribution in [0.3, 0.4) is 0 Å². The maximum absolute atomic E-state index is 12.3. The molecule has 1 amide bonds. The number of aromatic nitrogens is 2. The number of anilines is 1. The number of H-pyrrole nitrogens is 1. The standard InChI is InChI=1S/C16H15ClN4O2S/c1-7(19-16-20-8(2)13(24-16)14(18)22)11-6-9-5-10(17)3-4-12(9)21-15(11)23/h3-7H,1-2H3,(H2,18,22)(H,19,20)(H,21,23)/t7-/m0/s1. The molecule has 124 valence electrons. The lowest BCUT2D eigenvalue weighted by Gasteiger charge is -2.13. The number of benzene rings is 1. The van der Waals surface area contributed by atoms with Crippen LogP contribution < -0.4 is 16.6 Å². The van der Waals surface area contributed by atoms with Crippen molar-refractivity contribution in [3.63, 3.8) is 0 Å². The molecule has 8 heteroatoms. The molecule has 0 aliphatic heterocycles. The number of amides is 1. The van der Waals surface area contributed by atoms with Crippen LogP contribution in [0.25, 0.3) is 10.9 Å². The molecular weight excluding hydrogens is 348 g/mol. The van der Waals surface area contributed by atoms with Crippen molar-refractivity contribution in [2.75, 3.05) is 5.32 Å². The SMILES string of the molecule is Cc1nc(N[C@@H](C)c2cc3cc(Cl)ccc3[nH]c2=O)sc1C(N)=O. The van der Waals surface area contributed by atoms with E-state index in [0.717, 1.165) is 10.9 Å². The molecule has 1 aromatic carbocycles. The first-order valence-electron chi connectivity index (χ1n) is 7.21. The van der Waals surface area contributed by atoms with Crippen molar-refractivity contribution in [2.45, 2.75) is 19.9 Å². The number of aromatic amines is 1. The smallest absolute Gasteiger partial charge is 0.260 e. The van der Waals surface area contributed by atoms with Crippen LogP contribution in [-0.2, 0) is 0 Å². The lowest BCUT2D eigenvalue weighted by atomic mass is 10.1. The quantitative estimate of drug-likeness (QED) is 0.663. The molecule has 0 spiro atoms. The highest BCUT2D eigenvalue weighted by Gasteiger charge is 2.16. The number of hydrogen-bond acceptors (Lipinski definition) is 5. The van der Waals surface area contributed by atoms with Gasteiger partial charge in [-0.3, -0.25) is 9.59 Å². The van der Waals surface area contributed by atoms with Gasteiger partial charge in [0, 0.05) is 21.5 Å². The molecule has 3 rings (SSSR count). The van der Waals surface area contributed by atoms with Gasteiger partial charge in [-0.2, -0.15) is 0 Å². The number of fused-ring (bicyclic) bond motifs is 1. The van der Waals surface area contributed by atoms with Gasteiger partial charge in [-0.1, -0.05) is 22.9 Å². The Balaban J connectivity index is 1.95. The highest BCUT2D eigenvalue weighted by Crippen LogP contribution is 2.26. The van der Waals surface area contributed by atoms with Gasteiger partial charge in [0.15, 0.2) is 5.13 Å². The number of halogens is 1. The van der Waals surface area contributed by atoms with Crippen LogP contribution in [0.5, 0.6) is 0 Å². The fourth-order valence-electron chi connectivity index (χ4n) is 2.47. The summed E-state index contributed by atoms with van der Waals surface area (Å²) in [6.45, 7) is 3.57. The van der Waals surface area contributed by atoms with Crippen LogP contribution in [0.15, 0.2) is 29.1 Å². The van der Waals surface area contributed by atoms with E-state index in [9.17, 15) is 9.59 Å². The van der Waals surface area contributed by atoms with Crippen LogP contribution in [0.1, 0.15) is 33.9 Å². The molecule has 0 aliphatic rings. The summed E-state index contributed by atoms with van der Waals surface area (Å²) in [5, 5.41) is 5.13. The van der Waals surface area contributed by atoms with Crippen molar-refractivity contribution in [3.8, 4) is 0 Å². The zero-order valence-electron chi connectivity index (χ0n) is 13.0. The van der Waals surface area contributed by atoms with Crippen molar-refractivity contribution < 1.29 is 4.79 Å². The molecular formula is C16H15ClN4O2S. The topological polar surface area (TPSA) is 101 Å². The maximum atomic E-state index is 12.3. The van der Waals surface area contributed by atoms with E-state index < -0.39 is 5.91 Å². The van der Waals surface area contributed by atoms with E-state index in [1.54, 1.807) is 31.2 Å². The second-order valence-corrected chi connectivity index (χ2v) is 6.88. The van der Waals surface area contributed by atoms with E-state index in [0.29, 0.717) is 26.3 Å². The third-order valence-corrected chi connectivity index (χ3v) is 5.00. The summed E-state index contributed by atoms with van der Waals surface area (Å²) in [5.41, 5.74) is 6.97.